The van der Waals surface area contributed by atoms with Gasteiger partial charge >= 0.3 is 0 Å². The minimum Gasteiger partial charge on any atom is -0.312 e. The molecule has 88 valence electrons. The van der Waals surface area contributed by atoms with Crippen LogP contribution in [0, 0.1) is 0 Å². The maximum Gasteiger partial charge on any atom is 0.261 e. The molecule has 0 saturated carbocycles. The van der Waals surface area contributed by atoms with Crippen molar-refractivity contribution in [2.45, 2.75) is 46.1 Å². The van der Waals surface area contributed by atoms with Crippen LogP contribution < -0.4 is 5.56 Å². The van der Waals surface area contributed by atoms with Gasteiger partial charge in [-0.25, -0.2) is 0 Å². The molecule has 0 aliphatic heterocycles. The molecule has 0 spiro atoms. The average Bonchev–Trinajstić information content (AvgIpc) is 2.19. The van der Waals surface area contributed by atoms with Gasteiger partial charge in [-0.1, -0.05) is 27.7 Å². The average molecular weight is 221 g/mol. The first kappa shape index (κ1) is 12.7. The van der Waals surface area contributed by atoms with E-state index in [1.807, 2.05) is 13.0 Å². The van der Waals surface area contributed by atoms with Crippen LogP contribution in [-0.2, 0) is 12.0 Å². The third kappa shape index (κ3) is 2.40. The van der Waals surface area contributed by atoms with Crippen LogP contribution in [0.15, 0.2) is 16.9 Å². The van der Waals surface area contributed by atoms with Crippen LogP contribution in [-0.4, -0.2) is 10.9 Å². The maximum atomic E-state index is 12.0. The molecule has 1 aromatic rings. The molecule has 3 heteroatoms. The minimum atomic E-state index is -0.177. The fourth-order valence-corrected chi connectivity index (χ4v) is 1.79. The van der Waals surface area contributed by atoms with Gasteiger partial charge in [0.1, 0.15) is 0 Å². The van der Waals surface area contributed by atoms with Gasteiger partial charge in [0.05, 0.1) is 5.56 Å². The van der Waals surface area contributed by atoms with E-state index in [0.29, 0.717) is 12.8 Å². The molecule has 16 heavy (non-hydrogen) atoms. The molecule has 0 bridgehead atoms. The summed E-state index contributed by atoms with van der Waals surface area (Å²) in [5.41, 5.74) is 0.950. The van der Waals surface area contributed by atoms with Crippen molar-refractivity contribution in [1.82, 2.24) is 4.57 Å². The lowest BCUT2D eigenvalue weighted by Gasteiger charge is -2.24. The Morgan fingerprint density at radius 1 is 1.31 bits per heavy atom. The standard InChI is InChI=1S/C13H19NO2/c1-5-8-14-11(13(2,3)4)7-6-10(9-15)12(14)16/h6-7,9H,5,8H2,1-4H3. The monoisotopic (exact) mass is 221 g/mol. The molecule has 1 heterocycles. The molecule has 1 aromatic heterocycles. The van der Waals surface area contributed by atoms with E-state index in [4.69, 9.17) is 0 Å². The largest absolute Gasteiger partial charge is 0.312 e. The minimum absolute atomic E-state index is 0.0876. The van der Waals surface area contributed by atoms with E-state index in [0.717, 1.165) is 12.1 Å². The second-order valence-corrected chi connectivity index (χ2v) is 5.00. The molecule has 0 unspecified atom stereocenters. The van der Waals surface area contributed by atoms with E-state index in [1.165, 1.54) is 0 Å². The smallest absolute Gasteiger partial charge is 0.261 e. The fourth-order valence-electron chi connectivity index (χ4n) is 1.79. The van der Waals surface area contributed by atoms with E-state index >= 15 is 0 Å². The predicted octanol–water partition coefficient (Wildman–Crippen LogP) is 2.37. The maximum absolute atomic E-state index is 12.0. The molecule has 0 aliphatic carbocycles. The first-order valence-electron chi connectivity index (χ1n) is 5.61. The molecule has 0 aromatic carbocycles. The van der Waals surface area contributed by atoms with Crippen LogP contribution in [0.25, 0.3) is 0 Å². The van der Waals surface area contributed by atoms with Gasteiger partial charge in [0.25, 0.3) is 5.56 Å². The first-order chi connectivity index (χ1) is 7.41. The van der Waals surface area contributed by atoms with E-state index in [2.05, 4.69) is 20.8 Å². The Morgan fingerprint density at radius 2 is 1.94 bits per heavy atom. The number of aromatic nitrogens is 1. The Labute approximate surface area is 96.1 Å². The van der Waals surface area contributed by atoms with Gasteiger partial charge in [-0.05, 0) is 18.6 Å². The lowest BCUT2D eigenvalue weighted by molar-refractivity contribution is 0.112. The number of hydrogen-bond donors (Lipinski definition) is 0. The second-order valence-electron chi connectivity index (χ2n) is 5.00. The highest BCUT2D eigenvalue weighted by molar-refractivity contribution is 5.74. The number of hydrogen-bond acceptors (Lipinski definition) is 2. The number of carbonyl (C=O) groups excluding carboxylic acids is 1. The summed E-state index contributed by atoms with van der Waals surface area (Å²) < 4.78 is 1.71. The summed E-state index contributed by atoms with van der Waals surface area (Å²) in [4.78, 5) is 22.7. The normalized spacial score (nSPS) is 11.5. The van der Waals surface area contributed by atoms with E-state index in [9.17, 15) is 9.59 Å². The third-order valence-corrected chi connectivity index (χ3v) is 2.55. The molecule has 0 aliphatic rings. The summed E-state index contributed by atoms with van der Waals surface area (Å²) in [6.45, 7) is 8.87. The SMILES string of the molecule is CCCn1c(C(C)(C)C)ccc(C=O)c1=O. The Kier molecular flexibility index (Phi) is 3.68. The van der Waals surface area contributed by atoms with Crippen molar-refractivity contribution in [3.05, 3.63) is 33.7 Å². The van der Waals surface area contributed by atoms with Crippen LogP contribution in [0.5, 0.6) is 0 Å². The Balaban J connectivity index is 3.47. The van der Waals surface area contributed by atoms with Crippen molar-refractivity contribution in [3.8, 4) is 0 Å². The second kappa shape index (κ2) is 4.64. The number of pyridine rings is 1. The molecular weight excluding hydrogens is 202 g/mol. The zero-order valence-electron chi connectivity index (χ0n) is 10.4. The lowest BCUT2D eigenvalue weighted by Crippen LogP contribution is -2.31. The number of rotatable bonds is 3. The van der Waals surface area contributed by atoms with E-state index in [-0.39, 0.29) is 16.5 Å². The summed E-state index contributed by atoms with van der Waals surface area (Å²) in [5, 5.41) is 0. The summed E-state index contributed by atoms with van der Waals surface area (Å²) in [7, 11) is 0. The van der Waals surface area contributed by atoms with E-state index in [1.54, 1.807) is 10.6 Å². The van der Waals surface area contributed by atoms with Crippen LogP contribution in [0.2, 0.25) is 0 Å². The third-order valence-electron chi connectivity index (χ3n) is 2.55. The summed E-state index contributed by atoms with van der Waals surface area (Å²) in [5.74, 6) is 0. The number of carbonyl (C=O) groups is 1. The summed E-state index contributed by atoms with van der Waals surface area (Å²) in [6.07, 6.45) is 1.51. The quantitative estimate of drug-likeness (QED) is 0.735. The Hall–Kier alpha value is -1.38. The molecule has 0 N–H and O–H groups in total. The van der Waals surface area contributed by atoms with Gasteiger partial charge in [0, 0.05) is 17.7 Å². The Bertz CT molecular complexity index is 438. The highest BCUT2D eigenvalue weighted by atomic mass is 16.1. The van der Waals surface area contributed by atoms with Crippen molar-refractivity contribution in [2.24, 2.45) is 0 Å². The molecule has 0 radical (unpaired) electrons. The molecule has 0 atom stereocenters. The van der Waals surface area contributed by atoms with Crippen molar-refractivity contribution in [2.75, 3.05) is 0 Å². The predicted molar refractivity (Wildman–Crippen MR) is 65.1 cm³/mol. The topological polar surface area (TPSA) is 39.1 Å². The first-order valence-corrected chi connectivity index (χ1v) is 5.61. The number of nitrogens with zero attached hydrogens (tertiary/aromatic N) is 1. The number of aldehydes is 1. The zero-order valence-corrected chi connectivity index (χ0v) is 10.4. The van der Waals surface area contributed by atoms with Crippen LogP contribution in [0.1, 0.15) is 50.2 Å². The van der Waals surface area contributed by atoms with Crippen molar-refractivity contribution >= 4 is 6.29 Å². The van der Waals surface area contributed by atoms with Crippen molar-refractivity contribution in [1.29, 1.82) is 0 Å². The van der Waals surface area contributed by atoms with Crippen molar-refractivity contribution in [3.63, 3.8) is 0 Å². The van der Waals surface area contributed by atoms with Gasteiger partial charge in [-0.15, -0.1) is 0 Å². The van der Waals surface area contributed by atoms with Crippen LogP contribution in [0.3, 0.4) is 0 Å². The molecule has 0 fully saturated rings. The van der Waals surface area contributed by atoms with Crippen molar-refractivity contribution < 1.29 is 4.79 Å². The van der Waals surface area contributed by atoms with Gasteiger partial charge in [-0.3, -0.25) is 9.59 Å². The van der Waals surface area contributed by atoms with E-state index < -0.39 is 0 Å². The fraction of sp³-hybridized carbons (Fsp3) is 0.538. The van der Waals surface area contributed by atoms with Gasteiger partial charge in [-0.2, -0.15) is 0 Å². The molecule has 3 nitrogen and oxygen atoms in total. The highest BCUT2D eigenvalue weighted by Gasteiger charge is 2.19. The molecule has 0 amide bonds. The van der Waals surface area contributed by atoms with Gasteiger partial charge in [0.2, 0.25) is 0 Å². The van der Waals surface area contributed by atoms with Gasteiger partial charge < -0.3 is 4.57 Å². The zero-order chi connectivity index (χ0) is 12.3. The van der Waals surface area contributed by atoms with Crippen LogP contribution >= 0.6 is 0 Å². The summed E-state index contributed by atoms with van der Waals surface area (Å²) >= 11 is 0. The highest BCUT2D eigenvalue weighted by Crippen LogP contribution is 2.21. The van der Waals surface area contributed by atoms with Crippen LogP contribution in [0.4, 0.5) is 0 Å². The summed E-state index contributed by atoms with van der Waals surface area (Å²) in [6, 6.07) is 3.49. The molecular formula is C13H19NO2. The van der Waals surface area contributed by atoms with Gasteiger partial charge in [0.15, 0.2) is 6.29 Å². The Morgan fingerprint density at radius 3 is 2.38 bits per heavy atom. The molecule has 0 saturated heterocycles. The lowest BCUT2D eigenvalue weighted by atomic mass is 9.90. The molecule has 1 rings (SSSR count).